The predicted molar refractivity (Wildman–Crippen MR) is 154 cm³/mol. The topological polar surface area (TPSA) is 105 Å². The molecule has 4 aromatic rings. The zero-order valence-corrected chi connectivity index (χ0v) is 23.0. The fraction of sp³-hybridized carbons (Fsp3) is 0.276. The van der Waals surface area contributed by atoms with Crippen LogP contribution in [0.25, 0.3) is 16.9 Å². The molecule has 1 atom stereocenters. The van der Waals surface area contributed by atoms with Crippen molar-refractivity contribution in [1.29, 1.82) is 0 Å². The van der Waals surface area contributed by atoms with Crippen LogP contribution in [0.15, 0.2) is 76.4 Å². The van der Waals surface area contributed by atoms with Crippen LogP contribution < -0.4 is 10.5 Å². The molecule has 9 heteroatoms. The second-order valence-electron chi connectivity index (χ2n) is 9.67. The second kappa shape index (κ2) is 11.0. The monoisotopic (exact) mass is 527 g/mol. The largest absolute Gasteiger partial charge is 0.395 e. The molecule has 0 radical (unpaired) electrons. The molecule has 5 rings (SSSR count). The first-order valence-electron chi connectivity index (χ1n) is 12.6. The molecular formula is C29H33N7OS. The fourth-order valence-electron chi connectivity index (χ4n) is 5.16. The number of hydrogen-bond acceptors (Lipinski definition) is 8. The molecule has 4 N–H and O–H groups in total. The summed E-state index contributed by atoms with van der Waals surface area (Å²) >= 11 is 1.44. The van der Waals surface area contributed by atoms with Crippen LogP contribution >= 0.6 is 11.9 Å². The van der Waals surface area contributed by atoms with E-state index in [-0.39, 0.29) is 12.6 Å². The van der Waals surface area contributed by atoms with E-state index in [0.29, 0.717) is 19.0 Å². The minimum atomic E-state index is -0.183. The van der Waals surface area contributed by atoms with Crippen LogP contribution in [0.1, 0.15) is 40.9 Å². The smallest absolute Gasteiger partial charge is 0.204 e. The standard InChI is InChI=1S/C29H33N7OS/c1-18-7-5-8-19(2)25(18)26-20(3)27(21-9-6-10-23(15-21)38-34-29(30)33-26)36(13-14-37)17-22-16-31-24-11-12-35(4)28(24)32-22/h5-12,15-16,27,37H,13-14,17H2,1-4H3,(H3,30,33,34)/b26-20-. The lowest BCUT2D eigenvalue weighted by Gasteiger charge is -2.34. The SMILES string of the molecule is C/C1=C(\c2c(C)cccc2C)N=C(N)NSc2cccc(c2)C1N(CCO)Cc1cnc2ccn(C)c2n1. The number of aliphatic imine (C=N–C) groups is 1. The predicted octanol–water partition coefficient (Wildman–Crippen LogP) is 4.48. The van der Waals surface area contributed by atoms with E-state index in [1.165, 1.54) is 11.9 Å². The van der Waals surface area contributed by atoms with Gasteiger partial charge in [-0.3, -0.25) is 14.6 Å². The number of nitrogens with one attached hydrogen (secondary N) is 1. The summed E-state index contributed by atoms with van der Waals surface area (Å²) in [6.45, 7) is 7.27. The third-order valence-electron chi connectivity index (χ3n) is 6.92. The van der Waals surface area contributed by atoms with Crippen LogP contribution in [0.5, 0.6) is 0 Å². The van der Waals surface area contributed by atoms with Gasteiger partial charge in [0.05, 0.1) is 30.2 Å². The van der Waals surface area contributed by atoms with Gasteiger partial charge in [0.15, 0.2) is 5.65 Å². The lowest BCUT2D eigenvalue weighted by atomic mass is 9.91. The van der Waals surface area contributed by atoms with Crippen LogP contribution in [-0.4, -0.2) is 43.7 Å². The van der Waals surface area contributed by atoms with E-state index in [2.05, 4.69) is 71.8 Å². The lowest BCUT2D eigenvalue weighted by Crippen LogP contribution is -2.33. The molecule has 0 fully saturated rings. The Kier molecular flexibility index (Phi) is 7.51. The number of fused-ring (bicyclic) bond motifs is 3. The molecule has 38 heavy (non-hydrogen) atoms. The number of guanidine groups is 1. The maximum absolute atomic E-state index is 10.2. The molecule has 3 heterocycles. The average molecular weight is 528 g/mol. The molecule has 1 unspecified atom stereocenters. The lowest BCUT2D eigenvalue weighted by molar-refractivity contribution is 0.157. The Hall–Kier alpha value is -3.66. The first-order valence-corrected chi connectivity index (χ1v) is 13.4. The molecule has 8 nitrogen and oxygen atoms in total. The summed E-state index contributed by atoms with van der Waals surface area (Å²) in [7, 11) is 1.97. The summed E-state index contributed by atoms with van der Waals surface area (Å²) in [6, 6.07) is 16.4. The van der Waals surface area contributed by atoms with E-state index in [1.807, 2.05) is 36.1 Å². The van der Waals surface area contributed by atoms with Gasteiger partial charge >= 0.3 is 0 Å². The zero-order chi connectivity index (χ0) is 26.8. The Morgan fingerprint density at radius 1 is 1.11 bits per heavy atom. The summed E-state index contributed by atoms with van der Waals surface area (Å²) in [4.78, 5) is 17.7. The fourth-order valence-corrected chi connectivity index (χ4v) is 5.77. The minimum Gasteiger partial charge on any atom is -0.395 e. The van der Waals surface area contributed by atoms with E-state index >= 15 is 0 Å². The number of rotatable bonds is 6. The molecule has 196 valence electrons. The molecule has 0 saturated carbocycles. The first kappa shape index (κ1) is 26.0. The molecule has 0 saturated heterocycles. The summed E-state index contributed by atoms with van der Waals surface area (Å²) in [6.07, 6.45) is 3.79. The Bertz CT molecular complexity index is 1520. The number of hydrogen-bond donors (Lipinski definition) is 3. The van der Waals surface area contributed by atoms with Gasteiger partial charge < -0.3 is 15.4 Å². The third kappa shape index (κ3) is 5.18. The summed E-state index contributed by atoms with van der Waals surface area (Å²) in [5.41, 5.74) is 15.2. The van der Waals surface area contributed by atoms with E-state index in [1.54, 1.807) is 0 Å². The van der Waals surface area contributed by atoms with E-state index < -0.39 is 0 Å². The van der Waals surface area contributed by atoms with Crippen molar-refractivity contribution in [1.82, 2.24) is 24.2 Å². The van der Waals surface area contributed by atoms with Gasteiger partial charge in [-0.1, -0.05) is 30.3 Å². The van der Waals surface area contributed by atoms with Gasteiger partial charge in [-0.2, -0.15) is 0 Å². The Morgan fingerprint density at radius 3 is 2.63 bits per heavy atom. The maximum Gasteiger partial charge on any atom is 0.204 e. The quantitative estimate of drug-likeness (QED) is 0.318. The molecule has 2 aromatic carbocycles. The van der Waals surface area contributed by atoms with Crippen molar-refractivity contribution in [2.75, 3.05) is 13.2 Å². The summed E-state index contributed by atoms with van der Waals surface area (Å²) in [5.74, 6) is 0.340. The van der Waals surface area contributed by atoms with Gasteiger partial charge in [-0.25, -0.2) is 9.98 Å². The maximum atomic E-state index is 10.2. The van der Waals surface area contributed by atoms with Crippen LogP contribution in [0.3, 0.4) is 0 Å². The van der Waals surface area contributed by atoms with Crippen molar-refractivity contribution >= 4 is 34.8 Å². The third-order valence-corrected chi connectivity index (χ3v) is 7.72. The van der Waals surface area contributed by atoms with Gasteiger partial charge in [-0.05, 0) is 73.2 Å². The number of aromatic nitrogens is 3. The number of aryl methyl sites for hydroxylation is 3. The number of aliphatic hydroxyl groups is 1. The number of aliphatic hydroxyl groups excluding tert-OH is 1. The highest BCUT2D eigenvalue weighted by atomic mass is 32.2. The molecular weight excluding hydrogens is 494 g/mol. The summed E-state index contributed by atoms with van der Waals surface area (Å²) < 4.78 is 5.16. The molecule has 0 aliphatic carbocycles. The van der Waals surface area contributed by atoms with Crippen LogP contribution in [0.4, 0.5) is 0 Å². The number of benzene rings is 2. The van der Waals surface area contributed by atoms with Crippen molar-refractivity contribution in [3.8, 4) is 0 Å². The molecule has 2 aromatic heterocycles. The van der Waals surface area contributed by atoms with Crippen molar-refractivity contribution in [3.63, 3.8) is 0 Å². The van der Waals surface area contributed by atoms with E-state index in [9.17, 15) is 5.11 Å². The van der Waals surface area contributed by atoms with Crippen LogP contribution in [0, 0.1) is 13.8 Å². The first-order chi connectivity index (χ1) is 18.4. The van der Waals surface area contributed by atoms with Gasteiger partial charge in [0.2, 0.25) is 5.96 Å². The Morgan fingerprint density at radius 2 is 1.87 bits per heavy atom. The molecule has 0 spiro atoms. The van der Waals surface area contributed by atoms with Gasteiger partial charge in [0.1, 0.15) is 5.52 Å². The minimum absolute atomic E-state index is 0.00371. The molecule has 0 amide bonds. The van der Waals surface area contributed by atoms with Gasteiger partial charge in [0.25, 0.3) is 0 Å². The van der Waals surface area contributed by atoms with Crippen molar-refractivity contribution in [2.45, 2.75) is 38.3 Å². The highest BCUT2D eigenvalue weighted by Crippen LogP contribution is 2.38. The van der Waals surface area contributed by atoms with E-state index in [4.69, 9.17) is 15.7 Å². The van der Waals surface area contributed by atoms with Gasteiger partial charge in [0, 0.05) is 36.8 Å². The van der Waals surface area contributed by atoms with Crippen molar-refractivity contribution in [3.05, 3.63) is 94.4 Å². The Balaban J connectivity index is 1.70. The average Bonchev–Trinajstić information content (AvgIpc) is 3.26. The number of nitrogens with two attached hydrogens (primary N) is 1. The second-order valence-corrected chi connectivity index (χ2v) is 10.5. The highest BCUT2D eigenvalue weighted by Gasteiger charge is 2.28. The van der Waals surface area contributed by atoms with Crippen LogP contribution in [0.2, 0.25) is 0 Å². The van der Waals surface area contributed by atoms with Crippen molar-refractivity contribution < 1.29 is 5.11 Å². The molecule has 1 aliphatic heterocycles. The molecule has 2 bridgehead atoms. The van der Waals surface area contributed by atoms with Gasteiger partial charge in [-0.15, -0.1) is 0 Å². The normalized spacial score (nSPS) is 17.9. The van der Waals surface area contributed by atoms with E-state index in [0.717, 1.165) is 55.3 Å². The van der Waals surface area contributed by atoms with Crippen LogP contribution in [-0.2, 0) is 13.6 Å². The van der Waals surface area contributed by atoms with Crippen molar-refractivity contribution in [2.24, 2.45) is 17.8 Å². The number of nitrogens with zero attached hydrogens (tertiary/aromatic N) is 5. The highest BCUT2D eigenvalue weighted by molar-refractivity contribution is 7.98. The summed E-state index contributed by atoms with van der Waals surface area (Å²) in [5, 5.41) is 10.2. The Labute approximate surface area is 227 Å². The molecule has 1 aliphatic rings. The zero-order valence-electron chi connectivity index (χ0n) is 22.1.